The van der Waals surface area contributed by atoms with Crippen LogP contribution in [0.1, 0.15) is 12.5 Å². The van der Waals surface area contributed by atoms with E-state index in [-0.39, 0.29) is 10.8 Å². The highest BCUT2D eigenvalue weighted by atomic mass is 32.2. The fraction of sp³-hybridized carbons (Fsp3) is 0.278. The predicted molar refractivity (Wildman–Crippen MR) is 97.2 cm³/mol. The van der Waals surface area contributed by atoms with Crippen LogP contribution in [0, 0.1) is 6.92 Å². The van der Waals surface area contributed by atoms with E-state index in [1.165, 1.54) is 20.2 Å². The van der Waals surface area contributed by atoms with Crippen LogP contribution < -0.4 is 10.1 Å². The maximum Gasteiger partial charge on any atom is 0.265 e. The Hall–Kier alpha value is -2.38. The zero-order valence-corrected chi connectivity index (χ0v) is 15.5. The molecule has 1 unspecified atom stereocenters. The Labute approximate surface area is 148 Å². The Morgan fingerprint density at radius 3 is 2.36 bits per heavy atom. The second kappa shape index (κ2) is 7.67. The van der Waals surface area contributed by atoms with Crippen LogP contribution in [-0.4, -0.2) is 38.8 Å². The molecular formula is C18H22N2O4S. The van der Waals surface area contributed by atoms with Gasteiger partial charge >= 0.3 is 0 Å². The van der Waals surface area contributed by atoms with Crippen molar-refractivity contribution in [2.45, 2.75) is 24.8 Å². The van der Waals surface area contributed by atoms with Gasteiger partial charge in [0.15, 0.2) is 6.10 Å². The van der Waals surface area contributed by atoms with Crippen molar-refractivity contribution in [3.8, 4) is 5.75 Å². The molecule has 2 rings (SSSR count). The second-order valence-corrected chi connectivity index (χ2v) is 7.95. The minimum Gasteiger partial charge on any atom is -0.481 e. The number of nitrogens with one attached hydrogen (secondary N) is 1. The molecule has 2 aromatic rings. The number of aryl methyl sites for hydroxylation is 1. The third-order valence-electron chi connectivity index (χ3n) is 3.64. The first kappa shape index (κ1) is 19.0. The van der Waals surface area contributed by atoms with Crippen LogP contribution in [-0.2, 0) is 14.8 Å². The lowest BCUT2D eigenvalue weighted by Gasteiger charge is -2.17. The molecule has 6 nitrogen and oxygen atoms in total. The third kappa shape index (κ3) is 4.58. The SMILES string of the molecule is Cc1ccc(NC(=O)C(C)Oc2ccccc2)cc1S(=O)(=O)N(C)C. The molecule has 1 amide bonds. The van der Waals surface area contributed by atoms with Crippen molar-refractivity contribution in [2.24, 2.45) is 0 Å². The second-order valence-electron chi connectivity index (χ2n) is 5.83. The topological polar surface area (TPSA) is 75.7 Å². The number of ether oxygens (including phenoxy) is 1. The molecule has 0 heterocycles. The largest absolute Gasteiger partial charge is 0.481 e. The van der Waals surface area contributed by atoms with E-state index >= 15 is 0 Å². The van der Waals surface area contributed by atoms with Gasteiger partial charge in [-0.2, -0.15) is 0 Å². The molecule has 0 saturated carbocycles. The average Bonchev–Trinajstić information content (AvgIpc) is 2.57. The van der Waals surface area contributed by atoms with Gasteiger partial charge in [-0.3, -0.25) is 4.79 Å². The highest BCUT2D eigenvalue weighted by Gasteiger charge is 2.21. The number of nitrogens with zero attached hydrogens (tertiary/aromatic N) is 1. The number of hydrogen-bond acceptors (Lipinski definition) is 4. The first-order chi connectivity index (χ1) is 11.7. The summed E-state index contributed by atoms with van der Waals surface area (Å²) in [6.45, 7) is 3.34. The van der Waals surface area contributed by atoms with Crippen molar-refractivity contribution in [1.82, 2.24) is 4.31 Å². The first-order valence-corrected chi connectivity index (χ1v) is 9.21. The van der Waals surface area contributed by atoms with Gasteiger partial charge in [-0.15, -0.1) is 0 Å². The number of carbonyl (C=O) groups excluding carboxylic acids is 1. The molecule has 7 heteroatoms. The monoisotopic (exact) mass is 362 g/mol. The number of para-hydroxylation sites is 1. The Morgan fingerprint density at radius 1 is 1.12 bits per heavy atom. The number of anilines is 1. The molecule has 25 heavy (non-hydrogen) atoms. The summed E-state index contributed by atoms with van der Waals surface area (Å²) in [5, 5.41) is 2.69. The summed E-state index contributed by atoms with van der Waals surface area (Å²) in [5.74, 6) is 0.228. The molecule has 1 N–H and O–H groups in total. The van der Waals surface area contributed by atoms with Crippen molar-refractivity contribution in [2.75, 3.05) is 19.4 Å². The van der Waals surface area contributed by atoms with Crippen molar-refractivity contribution in [1.29, 1.82) is 0 Å². The van der Waals surface area contributed by atoms with Crippen LogP contribution in [0.15, 0.2) is 53.4 Å². The van der Waals surface area contributed by atoms with E-state index in [0.717, 1.165) is 4.31 Å². The molecule has 0 aliphatic carbocycles. The summed E-state index contributed by atoms with van der Waals surface area (Å²) in [5.41, 5.74) is 1.01. The van der Waals surface area contributed by atoms with Crippen LogP contribution in [0.2, 0.25) is 0 Å². The van der Waals surface area contributed by atoms with E-state index in [1.807, 2.05) is 18.2 Å². The maximum absolute atomic E-state index is 12.4. The van der Waals surface area contributed by atoms with Crippen LogP contribution in [0.25, 0.3) is 0 Å². The quantitative estimate of drug-likeness (QED) is 0.857. The molecule has 2 aromatic carbocycles. The molecule has 0 fully saturated rings. The molecule has 0 saturated heterocycles. The molecular weight excluding hydrogens is 340 g/mol. The number of rotatable bonds is 6. The van der Waals surface area contributed by atoms with Gasteiger partial charge in [-0.1, -0.05) is 24.3 Å². The number of sulfonamides is 1. The molecule has 0 radical (unpaired) electrons. The van der Waals surface area contributed by atoms with Gasteiger partial charge in [0.25, 0.3) is 5.91 Å². The Kier molecular flexibility index (Phi) is 5.81. The predicted octanol–water partition coefficient (Wildman–Crippen LogP) is 2.65. The van der Waals surface area contributed by atoms with Gasteiger partial charge in [-0.05, 0) is 43.7 Å². The molecule has 0 aromatic heterocycles. The van der Waals surface area contributed by atoms with Crippen LogP contribution >= 0.6 is 0 Å². The molecule has 0 spiro atoms. The zero-order valence-electron chi connectivity index (χ0n) is 14.7. The normalized spacial score (nSPS) is 12.7. The molecule has 0 aliphatic heterocycles. The summed E-state index contributed by atoms with van der Waals surface area (Å²) in [6.07, 6.45) is -0.724. The summed E-state index contributed by atoms with van der Waals surface area (Å²) in [7, 11) is -0.648. The summed E-state index contributed by atoms with van der Waals surface area (Å²) >= 11 is 0. The van der Waals surface area contributed by atoms with Gasteiger partial charge < -0.3 is 10.1 Å². The van der Waals surface area contributed by atoms with Gasteiger partial charge in [0.2, 0.25) is 10.0 Å². The third-order valence-corrected chi connectivity index (χ3v) is 5.60. The first-order valence-electron chi connectivity index (χ1n) is 7.77. The molecule has 134 valence electrons. The minimum atomic E-state index is -3.58. The van der Waals surface area contributed by atoms with E-state index in [4.69, 9.17) is 4.74 Å². The van der Waals surface area contributed by atoms with Crippen molar-refractivity contribution in [3.05, 3.63) is 54.1 Å². The summed E-state index contributed by atoms with van der Waals surface area (Å²) in [4.78, 5) is 12.5. The fourth-order valence-electron chi connectivity index (χ4n) is 2.15. The lowest BCUT2D eigenvalue weighted by atomic mass is 10.2. The number of carbonyl (C=O) groups is 1. The highest BCUT2D eigenvalue weighted by Crippen LogP contribution is 2.22. The maximum atomic E-state index is 12.4. The summed E-state index contributed by atoms with van der Waals surface area (Å²) in [6, 6.07) is 13.8. The summed E-state index contributed by atoms with van der Waals surface area (Å²) < 4.78 is 31.4. The Morgan fingerprint density at radius 2 is 1.76 bits per heavy atom. The molecule has 0 aliphatic rings. The minimum absolute atomic E-state index is 0.159. The van der Waals surface area contributed by atoms with Gasteiger partial charge in [-0.25, -0.2) is 12.7 Å². The molecule has 1 atom stereocenters. The van der Waals surface area contributed by atoms with E-state index in [0.29, 0.717) is 17.0 Å². The van der Waals surface area contributed by atoms with Gasteiger partial charge in [0.1, 0.15) is 5.75 Å². The van der Waals surface area contributed by atoms with Gasteiger partial charge in [0, 0.05) is 19.8 Å². The van der Waals surface area contributed by atoms with Gasteiger partial charge in [0.05, 0.1) is 4.90 Å². The van der Waals surface area contributed by atoms with Crippen LogP contribution in [0.5, 0.6) is 5.75 Å². The van der Waals surface area contributed by atoms with Crippen LogP contribution in [0.3, 0.4) is 0 Å². The fourth-order valence-corrected chi connectivity index (χ4v) is 3.30. The average molecular weight is 362 g/mol. The highest BCUT2D eigenvalue weighted by molar-refractivity contribution is 7.89. The zero-order chi connectivity index (χ0) is 18.6. The number of benzene rings is 2. The van der Waals surface area contributed by atoms with E-state index in [2.05, 4.69) is 5.32 Å². The lowest BCUT2D eigenvalue weighted by Crippen LogP contribution is -2.30. The van der Waals surface area contributed by atoms with E-state index < -0.39 is 16.1 Å². The smallest absolute Gasteiger partial charge is 0.265 e. The van der Waals surface area contributed by atoms with Crippen LogP contribution in [0.4, 0.5) is 5.69 Å². The van der Waals surface area contributed by atoms with Crippen molar-refractivity contribution < 1.29 is 17.9 Å². The Bertz CT molecular complexity index is 849. The van der Waals surface area contributed by atoms with E-state index in [1.54, 1.807) is 38.1 Å². The number of hydrogen-bond donors (Lipinski definition) is 1. The van der Waals surface area contributed by atoms with E-state index in [9.17, 15) is 13.2 Å². The number of amides is 1. The van der Waals surface area contributed by atoms with Crippen molar-refractivity contribution in [3.63, 3.8) is 0 Å². The standard InChI is InChI=1S/C18H22N2O4S/c1-13-10-11-15(12-17(13)25(22,23)20(3)4)19-18(21)14(2)24-16-8-6-5-7-9-16/h5-12,14H,1-4H3,(H,19,21). The Balaban J connectivity index is 2.16. The molecule has 0 bridgehead atoms. The van der Waals surface area contributed by atoms with Crippen molar-refractivity contribution >= 4 is 21.6 Å². The lowest BCUT2D eigenvalue weighted by molar-refractivity contribution is -0.122.